The smallest absolute Gasteiger partial charge is 0.335 e. The summed E-state index contributed by atoms with van der Waals surface area (Å²) in [6.07, 6.45) is 0. The van der Waals surface area contributed by atoms with E-state index < -0.39 is 11.5 Å². The minimum absolute atomic E-state index is 0.116. The van der Waals surface area contributed by atoms with Gasteiger partial charge in [-0.1, -0.05) is 20.8 Å². The third kappa shape index (κ3) is 3.91. The number of nitrogens with zero attached hydrogens (tertiary/aromatic N) is 1. The quantitative estimate of drug-likeness (QED) is 0.648. The van der Waals surface area contributed by atoms with Crippen molar-refractivity contribution < 1.29 is 20.1 Å². The van der Waals surface area contributed by atoms with E-state index >= 15 is 0 Å². The fourth-order valence-electron chi connectivity index (χ4n) is 1.54. The number of aliphatic hydroxyl groups excluding tert-OH is 2. The molecule has 0 aromatic carbocycles. The van der Waals surface area contributed by atoms with E-state index in [9.17, 15) is 15.0 Å². The SMILES string of the molecule is CC(CO)(CO)Nc1cc(C(=O)O)cc(C(C)(C)C)n1. The van der Waals surface area contributed by atoms with Gasteiger partial charge in [-0.25, -0.2) is 9.78 Å². The molecule has 0 radical (unpaired) electrons. The number of hydrogen-bond donors (Lipinski definition) is 4. The van der Waals surface area contributed by atoms with Gasteiger partial charge in [-0.15, -0.1) is 0 Å². The standard InChI is InChI=1S/C14H22N2O4/c1-13(2,3)10-5-9(12(19)20)6-11(15-10)16-14(4,7-17)8-18/h5-6,17-18H,7-8H2,1-4H3,(H,15,16)(H,19,20). The maximum atomic E-state index is 11.2. The molecule has 0 fully saturated rings. The van der Waals surface area contributed by atoms with Crippen LogP contribution in [0.5, 0.6) is 0 Å². The highest BCUT2D eigenvalue weighted by Gasteiger charge is 2.25. The molecule has 0 bridgehead atoms. The first kappa shape index (κ1) is 16.4. The predicted molar refractivity (Wildman–Crippen MR) is 76.1 cm³/mol. The zero-order valence-electron chi connectivity index (χ0n) is 12.3. The Balaban J connectivity index is 3.26. The first-order valence-electron chi connectivity index (χ1n) is 6.37. The van der Waals surface area contributed by atoms with Gasteiger partial charge < -0.3 is 20.6 Å². The predicted octanol–water partition coefficient (Wildman–Crippen LogP) is 1.23. The lowest BCUT2D eigenvalue weighted by molar-refractivity contribution is 0.0696. The molecule has 1 rings (SSSR count). The molecule has 0 spiro atoms. The molecule has 1 aromatic rings. The number of pyridine rings is 1. The van der Waals surface area contributed by atoms with Crippen LogP contribution in [0.25, 0.3) is 0 Å². The van der Waals surface area contributed by atoms with Gasteiger partial charge in [-0.05, 0) is 19.1 Å². The molecule has 0 saturated heterocycles. The van der Waals surface area contributed by atoms with Crippen molar-refractivity contribution in [2.24, 2.45) is 0 Å². The van der Waals surface area contributed by atoms with Crippen molar-refractivity contribution >= 4 is 11.8 Å². The Kier molecular flexibility index (Phi) is 4.73. The largest absolute Gasteiger partial charge is 0.478 e. The van der Waals surface area contributed by atoms with Crippen LogP contribution in [0.3, 0.4) is 0 Å². The summed E-state index contributed by atoms with van der Waals surface area (Å²) in [7, 11) is 0. The van der Waals surface area contributed by atoms with Crippen molar-refractivity contribution in [3.8, 4) is 0 Å². The molecule has 0 unspecified atom stereocenters. The second-order valence-corrected chi connectivity index (χ2v) is 6.18. The third-order valence-electron chi connectivity index (χ3n) is 2.97. The van der Waals surface area contributed by atoms with E-state index in [2.05, 4.69) is 10.3 Å². The molecule has 0 atom stereocenters. The molecular formula is C14H22N2O4. The normalized spacial score (nSPS) is 12.3. The Hall–Kier alpha value is -1.66. The van der Waals surface area contributed by atoms with Crippen molar-refractivity contribution in [1.29, 1.82) is 0 Å². The number of aromatic nitrogens is 1. The van der Waals surface area contributed by atoms with Crippen molar-refractivity contribution in [1.82, 2.24) is 4.98 Å². The van der Waals surface area contributed by atoms with Crippen molar-refractivity contribution in [3.05, 3.63) is 23.4 Å². The molecule has 0 aliphatic rings. The van der Waals surface area contributed by atoms with Gasteiger partial charge in [-0.2, -0.15) is 0 Å². The number of aromatic carboxylic acids is 1. The van der Waals surface area contributed by atoms with Crippen LogP contribution >= 0.6 is 0 Å². The molecule has 0 aliphatic carbocycles. The monoisotopic (exact) mass is 282 g/mol. The third-order valence-corrected chi connectivity index (χ3v) is 2.97. The Morgan fingerprint density at radius 1 is 1.20 bits per heavy atom. The summed E-state index contributed by atoms with van der Waals surface area (Å²) in [6, 6.07) is 2.92. The van der Waals surface area contributed by atoms with Gasteiger partial charge in [0.15, 0.2) is 0 Å². The second-order valence-electron chi connectivity index (χ2n) is 6.18. The number of carboxylic acids is 1. The van der Waals surface area contributed by atoms with Crippen molar-refractivity contribution in [2.75, 3.05) is 18.5 Å². The number of carbonyl (C=O) groups is 1. The van der Waals surface area contributed by atoms with Gasteiger partial charge >= 0.3 is 5.97 Å². The zero-order valence-corrected chi connectivity index (χ0v) is 12.3. The first-order valence-corrected chi connectivity index (χ1v) is 6.37. The number of hydrogen-bond acceptors (Lipinski definition) is 5. The molecule has 0 saturated carbocycles. The second kappa shape index (κ2) is 5.76. The number of carboxylic acid groups (broad SMARTS) is 1. The maximum Gasteiger partial charge on any atom is 0.335 e. The van der Waals surface area contributed by atoms with Crippen LogP contribution in [-0.2, 0) is 5.41 Å². The topological polar surface area (TPSA) is 103 Å². The number of rotatable bonds is 5. The summed E-state index contributed by atoms with van der Waals surface area (Å²) in [6.45, 7) is 6.83. The van der Waals surface area contributed by atoms with E-state index in [0.29, 0.717) is 11.5 Å². The van der Waals surface area contributed by atoms with Crippen LogP contribution in [0.2, 0.25) is 0 Å². The van der Waals surface area contributed by atoms with Crippen LogP contribution < -0.4 is 5.32 Å². The summed E-state index contributed by atoms with van der Waals surface area (Å²) < 4.78 is 0. The number of nitrogens with one attached hydrogen (secondary N) is 1. The van der Waals surface area contributed by atoms with Crippen molar-refractivity contribution in [2.45, 2.75) is 38.6 Å². The van der Waals surface area contributed by atoms with Gasteiger partial charge in [0.05, 0.1) is 24.3 Å². The maximum absolute atomic E-state index is 11.2. The van der Waals surface area contributed by atoms with Crippen LogP contribution in [-0.4, -0.2) is 45.0 Å². The van der Waals surface area contributed by atoms with Gasteiger partial charge in [0.1, 0.15) is 5.82 Å². The Morgan fingerprint density at radius 3 is 2.15 bits per heavy atom. The molecule has 6 heteroatoms. The number of aliphatic hydroxyl groups is 2. The van der Waals surface area contributed by atoms with E-state index in [1.54, 1.807) is 6.92 Å². The molecular weight excluding hydrogens is 260 g/mol. The van der Waals surface area contributed by atoms with Crippen LogP contribution in [0.1, 0.15) is 43.7 Å². The summed E-state index contributed by atoms with van der Waals surface area (Å²) in [5.41, 5.74) is -0.528. The summed E-state index contributed by atoms with van der Waals surface area (Å²) in [5.74, 6) is -0.726. The average Bonchev–Trinajstić information content (AvgIpc) is 2.37. The first-order chi connectivity index (χ1) is 9.11. The highest BCUT2D eigenvalue weighted by atomic mass is 16.4. The molecule has 1 aromatic heterocycles. The van der Waals surface area contributed by atoms with E-state index in [4.69, 9.17) is 5.11 Å². The lowest BCUT2D eigenvalue weighted by Crippen LogP contribution is -2.43. The van der Waals surface area contributed by atoms with Crippen LogP contribution in [0, 0.1) is 0 Å². The lowest BCUT2D eigenvalue weighted by atomic mass is 9.90. The molecule has 4 N–H and O–H groups in total. The minimum atomic E-state index is -1.05. The fraction of sp³-hybridized carbons (Fsp3) is 0.571. The summed E-state index contributed by atoms with van der Waals surface area (Å²) >= 11 is 0. The zero-order chi connectivity index (χ0) is 15.6. The van der Waals surface area contributed by atoms with Gasteiger partial charge in [-0.3, -0.25) is 0 Å². The van der Waals surface area contributed by atoms with E-state index in [1.807, 2.05) is 20.8 Å². The Labute approximate surface area is 118 Å². The summed E-state index contributed by atoms with van der Waals surface area (Å²) in [4.78, 5) is 15.6. The van der Waals surface area contributed by atoms with Crippen LogP contribution in [0.15, 0.2) is 12.1 Å². The lowest BCUT2D eigenvalue weighted by Gasteiger charge is -2.28. The van der Waals surface area contributed by atoms with Gasteiger partial charge in [0.2, 0.25) is 0 Å². The molecule has 112 valence electrons. The molecule has 0 aliphatic heterocycles. The highest BCUT2D eigenvalue weighted by Crippen LogP contribution is 2.24. The minimum Gasteiger partial charge on any atom is -0.478 e. The fourth-order valence-corrected chi connectivity index (χ4v) is 1.54. The number of anilines is 1. The van der Waals surface area contributed by atoms with E-state index in [0.717, 1.165) is 0 Å². The Bertz CT molecular complexity index is 490. The van der Waals surface area contributed by atoms with Crippen LogP contribution in [0.4, 0.5) is 5.82 Å². The molecule has 20 heavy (non-hydrogen) atoms. The van der Waals surface area contributed by atoms with Gasteiger partial charge in [0.25, 0.3) is 0 Å². The van der Waals surface area contributed by atoms with Crippen molar-refractivity contribution in [3.63, 3.8) is 0 Å². The van der Waals surface area contributed by atoms with Gasteiger partial charge in [0, 0.05) is 11.1 Å². The average molecular weight is 282 g/mol. The molecule has 6 nitrogen and oxygen atoms in total. The molecule has 0 amide bonds. The Morgan fingerprint density at radius 2 is 1.75 bits per heavy atom. The summed E-state index contributed by atoms with van der Waals surface area (Å²) in [5, 5.41) is 30.6. The highest BCUT2D eigenvalue weighted by molar-refractivity contribution is 5.88. The molecule has 1 heterocycles. The van der Waals surface area contributed by atoms with E-state index in [-0.39, 0.29) is 24.2 Å². The van der Waals surface area contributed by atoms with E-state index in [1.165, 1.54) is 12.1 Å².